The molecule has 0 atom stereocenters. The Bertz CT molecular complexity index is 77.5. The van der Waals surface area contributed by atoms with Gasteiger partial charge in [0.1, 0.15) is 0 Å². The molecule has 0 rings (SSSR count). The van der Waals surface area contributed by atoms with Gasteiger partial charge in [-0.15, -0.1) is 0 Å². The van der Waals surface area contributed by atoms with Crippen molar-refractivity contribution in [3.8, 4) is 12.0 Å². The number of unbranched alkanes of at least 4 members (excludes halogenated alkanes) is 1. The largest absolute Gasteiger partial charge is 0.198 e. The van der Waals surface area contributed by atoms with Crippen molar-refractivity contribution in [3.05, 3.63) is 6.42 Å². The third-order valence-electron chi connectivity index (χ3n) is 0.362. The fourth-order valence-electron chi connectivity index (χ4n) is 0.118. The van der Waals surface area contributed by atoms with Crippen LogP contribution >= 0.6 is 0 Å². The van der Waals surface area contributed by atoms with E-state index in [4.69, 9.17) is 11.7 Å². The monoisotopic (exact) mass is 78.0 g/mol. The van der Waals surface area contributed by atoms with Crippen LogP contribution in [0.5, 0.6) is 0 Å². The second-order valence-corrected chi connectivity index (χ2v) is 0.835. The first-order valence-electron chi connectivity index (χ1n) is 1.68. The van der Waals surface area contributed by atoms with E-state index in [1.807, 2.05) is 6.07 Å². The number of nitrogens with zero attached hydrogens (tertiary/aromatic N) is 1. The third-order valence-corrected chi connectivity index (χ3v) is 0.362. The summed E-state index contributed by atoms with van der Waals surface area (Å²) in [5.74, 6) is 2.10. The zero-order valence-electron chi connectivity index (χ0n) is 3.36. The van der Waals surface area contributed by atoms with Gasteiger partial charge in [0, 0.05) is 12.8 Å². The van der Waals surface area contributed by atoms with Crippen molar-refractivity contribution in [2.24, 2.45) is 0 Å². The first-order chi connectivity index (χ1) is 2.91. The summed E-state index contributed by atoms with van der Waals surface area (Å²) in [7, 11) is 0. The van der Waals surface area contributed by atoms with E-state index >= 15 is 0 Å². The van der Waals surface area contributed by atoms with Crippen LogP contribution in [-0.2, 0) is 0 Å². The van der Waals surface area contributed by atoms with E-state index in [1.54, 1.807) is 0 Å². The second-order valence-electron chi connectivity index (χ2n) is 0.835. The summed E-state index contributed by atoms with van der Waals surface area (Å²) < 4.78 is 0. The third kappa shape index (κ3) is 3.05. The lowest BCUT2D eigenvalue weighted by molar-refractivity contribution is 1.09. The SMILES string of the molecule is [C]#CCCC#N. The maximum absolute atomic E-state index is 7.82. The highest BCUT2D eigenvalue weighted by molar-refractivity contribution is 4.82. The van der Waals surface area contributed by atoms with Crippen molar-refractivity contribution < 1.29 is 0 Å². The number of hydrogen-bond donors (Lipinski definition) is 0. The van der Waals surface area contributed by atoms with Gasteiger partial charge in [-0.3, -0.25) is 0 Å². The lowest BCUT2D eigenvalue weighted by atomic mass is 10.4. The van der Waals surface area contributed by atoms with Gasteiger partial charge in [-0.1, -0.05) is 5.92 Å². The van der Waals surface area contributed by atoms with Crippen molar-refractivity contribution >= 4 is 0 Å². The quantitative estimate of drug-likeness (QED) is 0.337. The predicted molar refractivity (Wildman–Crippen MR) is 22.0 cm³/mol. The van der Waals surface area contributed by atoms with Crippen LogP contribution < -0.4 is 0 Å². The molecule has 0 aliphatic rings. The van der Waals surface area contributed by atoms with E-state index in [9.17, 15) is 0 Å². The molecule has 0 saturated carbocycles. The molecule has 6 heavy (non-hydrogen) atoms. The molecule has 0 spiro atoms. The second kappa shape index (κ2) is 4.05. The Hall–Kier alpha value is -0.950. The molecular formula is C5H4N. The van der Waals surface area contributed by atoms with Gasteiger partial charge in [-0.05, 0) is 6.42 Å². The normalized spacial score (nSPS) is 5.67. The van der Waals surface area contributed by atoms with Crippen molar-refractivity contribution in [2.45, 2.75) is 12.8 Å². The summed E-state index contributed by atoms with van der Waals surface area (Å²) >= 11 is 0. The van der Waals surface area contributed by atoms with E-state index in [-0.39, 0.29) is 0 Å². The van der Waals surface area contributed by atoms with Crippen LogP contribution in [0.1, 0.15) is 12.8 Å². The zero-order chi connectivity index (χ0) is 4.83. The smallest absolute Gasteiger partial charge is 0.0631 e. The number of hydrogen-bond acceptors (Lipinski definition) is 1. The maximum atomic E-state index is 7.82. The van der Waals surface area contributed by atoms with Gasteiger partial charge in [0.2, 0.25) is 0 Å². The zero-order valence-corrected chi connectivity index (χ0v) is 3.36. The van der Waals surface area contributed by atoms with Gasteiger partial charge < -0.3 is 0 Å². The Balaban J connectivity index is 2.78. The van der Waals surface area contributed by atoms with Crippen LogP contribution in [0.3, 0.4) is 0 Å². The molecule has 0 amide bonds. The fourth-order valence-corrected chi connectivity index (χ4v) is 0.118. The van der Waals surface area contributed by atoms with Gasteiger partial charge in [0.15, 0.2) is 0 Å². The topological polar surface area (TPSA) is 23.8 Å². The van der Waals surface area contributed by atoms with E-state index < -0.39 is 0 Å². The van der Waals surface area contributed by atoms with Gasteiger partial charge in [-0.2, -0.15) is 5.26 Å². The Labute approximate surface area is 37.6 Å². The highest BCUT2D eigenvalue weighted by Gasteiger charge is 1.70. The molecule has 0 fully saturated rings. The molecule has 0 aromatic carbocycles. The Kier molecular flexibility index (Phi) is 3.41. The molecule has 0 aliphatic heterocycles. The van der Waals surface area contributed by atoms with Crippen LogP contribution in [0.15, 0.2) is 0 Å². The Morgan fingerprint density at radius 3 is 2.33 bits per heavy atom. The van der Waals surface area contributed by atoms with Crippen molar-refractivity contribution in [1.82, 2.24) is 0 Å². The molecule has 0 unspecified atom stereocenters. The molecule has 1 nitrogen and oxygen atoms in total. The molecular weight excluding hydrogens is 74.1 g/mol. The Morgan fingerprint density at radius 1 is 1.50 bits per heavy atom. The van der Waals surface area contributed by atoms with Crippen molar-refractivity contribution in [1.29, 1.82) is 5.26 Å². The minimum Gasteiger partial charge on any atom is -0.198 e. The summed E-state index contributed by atoms with van der Waals surface area (Å²) in [4.78, 5) is 0. The minimum absolute atomic E-state index is 0.420. The van der Waals surface area contributed by atoms with E-state index in [1.165, 1.54) is 0 Å². The molecule has 29 valence electrons. The number of rotatable bonds is 1. The number of nitriles is 1. The molecule has 1 heteroatoms. The molecule has 0 saturated heterocycles. The Morgan fingerprint density at radius 2 is 2.17 bits per heavy atom. The summed E-state index contributed by atoms with van der Waals surface area (Å²) in [6.07, 6.45) is 7.19. The van der Waals surface area contributed by atoms with Crippen LogP contribution in [0.25, 0.3) is 0 Å². The van der Waals surface area contributed by atoms with E-state index in [0.29, 0.717) is 12.8 Å². The summed E-state index contributed by atoms with van der Waals surface area (Å²) in [6.45, 7) is 0. The first kappa shape index (κ1) is 5.05. The van der Waals surface area contributed by atoms with Crippen LogP contribution in [0.2, 0.25) is 0 Å². The lowest BCUT2D eigenvalue weighted by Gasteiger charge is -1.66. The lowest BCUT2D eigenvalue weighted by Crippen LogP contribution is -1.58. The highest BCUT2D eigenvalue weighted by atomic mass is 14.2. The summed E-state index contributed by atoms with van der Waals surface area (Å²) in [5, 5.41) is 7.82. The average molecular weight is 78.1 g/mol. The maximum Gasteiger partial charge on any atom is 0.0631 e. The van der Waals surface area contributed by atoms with Gasteiger partial charge in [0.05, 0.1) is 6.07 Å². The predicted octanol–water partition coefficient (Wildman–Crippen LogP) is 0.880. The molecule has 0 aliphatic carbocycles. The molecule has 0 N–H and O–H groups in total. The van der Waals surface area contributed by atoms with E-state index in [2.05, 4.69) is 5.92 Å². The fraction of sp³-hybridized carbons (Fsp3) is 0.400. The molecule has 0 aromatic heterocycles. The van der Waals surface area contributed by atoms with Crippen molar-refractivity contribution in [2.75, 3.05) is 0 Å². The average Bonchev–Trinajstić information content (AvgIpc) is 1.61. The summed E-state index contributed by atoms with van der Waals surface area (Å²) in [5.41, 5.74) is 0. The van der Waals surface area contributed by atoms with Crippen LogP contribution in [0.4, 0.5) is 0 Å². The van der Waals surface area contributed by atoms with Gasteiger partial charge in [-0.25, -0.2) is 0 Å². The standard InChI is InChI=1S/C5H4N/c1-2-3-4-5-6/h3-4H2. The van der Waals surface area contributed by atoms with Gasteiger partial charge in [0.25, 0.3) is 0 Å². The highest BCUT2D eigenvalue weighted by Crippen LogP contribution is 1.78. The van der Waals surface area contributed by atoms with E-state index in [0.717, 1.165) is 0 Å². The summed E-state index contributed by atoms with van der Waals surface area (Å²) in [6, 6.07) is 1.89. The van der Waals surface area contributed by atoms with Crippen LogP contribution in [-0.4, -0.2) is 0 Å². The van der Waals surface area contributed by atoms with Crippen LogP contribution in [0, 0.1) is 23.7 Å². The molecule has 1 radical (unpaired) electrons. The molecule has 0 bridgehead atoms. The molecule has 0 aromatic rings. The van der Waals surface area contributed by atoms with Gasteiger partial charge >= 0.3 is 0 Å². The minimum atomic E-state index is 0.420. The first-order valence-corrected chi connectivity index (χ1v) is 1.68. The van der Waals surface area contributed by atoms with Crippen molar-refractivity contribution in [3.63, 3.8) is 0 Å². The molecule has 0 heterocycles.